The molecule has 6 N–H and O–H groups in total. The zero-order valence-electron chi connectivity index (χ0n) is 15.1. The number of anilines is 2. The van der Waals surface area contributed by atoms with Gasteiger partial charge in [-0.05, 0) is 31.3 Å². The van der Waals surface area contributed by atoms with Gasteiger partial charge in [0.05, 0.1) is 19.1 Å². The predicted octanol–water partition coefficient (Wildman–Crippen LogP) is -0.0819. The van der Waals surface area contributed by atoms with Crippen LogP contribution in [0.5, 0.6) is 0 Å². The van der Waals surface area contributed by atoms with Crippen LogP contribution in [0.2, 0.25) is 0 Å². The number of aromatic nitrogens is 4. The largest absolute Gasteiger partial charge is 0.394 e. The normalized spacial score (nSPS) is 28.2. The summed E-state index contributed by atoms with van der Waals surface area (Å²) in [5, 5.41) is 33.7. The SMILES string of the molecule is Nc1nc(N/N=C/C2=CCCCC2)nc2c1ncn2C1OC(CO)C(O)C1O. The lowest BCUT2D eigenvalue weighted by atomic mass is 10.0. The molecular formula is C17H23N7O4. The zero-order valence-corrected chi connectivity index (χ0v) is 15.1. The number of nitrogen functional groups attached to an aromatic ring is 1. The predicted molar refractivity (Wildman–Crippen MR) is 101 cm³/mol. The number of aliphatic hydroxyl groups excluding tert-OH is 3. The molecule has 11 nitrogen and oxygen atoms in total. The van der Waals surface area contributed by atoms with Gasteiger partial charge in [0.1, 0.15) is 23.8 Å². The van der Waals surface area contributed by atoms with Gasteiger partial charge in [-0.15, -0.1) is 0 Å². The molecule has 2 aromatic heterocycles. The Morgan fingerprint density at radius 3 is 2.89 bits per heavy atom. The number of allylic oxidation sites excluding steroid dienone is 2. The smallest absolute Gasteiger partial charge is 0.247 e. The molecule has 4 rings (SSSR count). The monoisotopic (exact) mass is 389 g/mol. The number of hydrazone groups is 1. The molecule has 2 aromatic rings. The minimum Gasteiger partial charge on any atom is -0.394 e. The van der Waals surface area contributed by atoms with Crippen LogP contribution in [0, 0.1) is 0 Å². The van der Waals surface area contributed by atoms with Gasteiger partial charge >= 0.3 is 0 Å². The molecule has 1 fully saturated rings. The first kappa shape index (κ1) is 18.7. The molecule has 0 radical (unpaired) electrons. The zero-order chi connectivity index (χ0) is 19.7. The van der Waals surface area contributed by atoms with Crippen molar-refractivity contribution in [1.82, 2.24) is 19.5 Å². The van der Waals surface area contributed by atoms with Gasteiger partial charge in [-0.25, -0.2) is 10.4 Å². The van der Waals surface area contributed by atoms with Crippen LogP contribution in [0.3, 0.4) is 0 Å². The molecule has 11 heteroatoms. The van der Waals surface area contributed by atoms with E-state index in [-0.39, 0.29) is 11.8 Å². The average Bonchev–Trinajstić information content (AvgIpc) is 3.24. The van der Waals surface area contributed by atoms with Crippen molar-refractivity contribution in [2.24, 2.45) is 5.10 Å². The number of nitrogens with zero attached hydrogens (tertiary/aromatic N) is 5. The number of hydrogen-bond acceptors (Lipinski definition) is 10. The number of fused-ring (bicyclic) bond motifs is 1. The van der Waals surface area contributed by atoms with Crippen LogP contribution < -0.4 is 11.2 Å². The van der Waals surface area contributed by atoms with Gasteiger partial charge in [0.25, 0.3) is 0 Å². The van der Waals surface area contributed by atoms with Crippen LogP contribution >= 0.6 is 0 Å². The second kappa shape index (κ2) is 7.80. The van der Waals surface area contributed by atoms with Crippen molar-refractivity contribution < 1.29 is 20.1 Å². The third-order valence-corrected chi connectivity index (χ3v) is 4.96. The first-order chi connectivity index (χ1) is 13.6. The molecular weight excluding hydrogens is 366 g/mol. The maximum absolute atomic E-state index is 10.3. The number of rotatable bonds is 5. The van der Waals surface area contributed by atoms with E-state index in [1.54, 1.807) is 6.21 Å². The molecule has 28 heavy (non-hydrogen) atoms. The van der Waals surface area contributed by atoms with Crippen molar-refractivity contribution in [3.8, 4) is 0 Å². The standard InChI is InChI=1S/C17H23N7O4/c18-14-11-15(22-17(21-14)23-20-6-9-4-2-1-3-5-9)24(8-19-11)16-13(27)12(26)10(7-25)28-16/h4,6,8,10,12-13,16,25-27H,1-3,5,7H2,(H3,18,21,22,23)/b20-6+. The quantitative estimate of drug-likeness (QED) is 0.347. The Morgan fingerprint density at radius 2 is 2.18 bits per heavy atom. The average molecular weight is 389 g/mol. The molecule has 1 aliphatic heterocycles. The molecule has 0 bridgehead atoms. The Kier molecular flexibility index (Phi) is 5.22. The molecule has 2 aliphatic rings. The van der Waals surface area contributed by atoms with Gasteiger partial charge in [-0.1, -0.05) is 6.08 Å². The van der Waals surface area contributed by atoms with Crippen LogP contribution in [-0.2, 0) is 4.74 Å². The third-order valence-electron chi connectivity index (χ3n) is 4.96. The van der Waals surface area contributed by atoms with Crippen molar-refractivity contribution in [2.75, 3.05) is 17.8 Å². The Hall–Kier alpha value is -2.60. The fourth-order valence-electron chi connectivity index (χ4n) is 3.44. The molecule has 0 spiro atoms. The van der Waals surface area contributed by atoms with Gasteiger partial charge in [-0.3, -0.25) is 4.57 Å². The third kappa shape index (κ3) is 3.44. The highest BCUT2D eigenvalue weighted by Crippen LogP contribution is 2.32. The van der Waals surface area contributed by atoms with Gasteiger partial charge in [-0.2, -0.15) is 15.1 Å². The fraction of sp³-hybridized carbons (Fsp3) is 0.529. The van der Waals surface area contributed by atoms with E-state index in [0.29, 0.717) is 11.2 Å². The summed E-state index contributed by atoms with van der Waals surface area (Å²) >= 11 is 0. The first-order valence-electron chi connectivity index (χ1n) is 9.19. The van der Waals surface area contributed by atoms with Crippen LogP contribution in [0.25, 0.3) is 11.2 Å². The summed E-state index contributed by atoms with van der Waals surface area (Å²) in [6.45, 7) is -0.421. The first-order valence-corrected chi connectivity index (χ1v) is 9.19. The van der Waals surface area contributed by atoms with Gasteiger partial charge in [0, 0.05) is 0 Å². The van der Waals surface area contributed by atoms with Crippen molar-refractivity contribution in [3.05, 3.63) is 18.0 Å². The highest BCUT2D eigenvalue weighted by atomic mass is 16.6. The van der Waals surface area contributed by atoms with Crippen LogP contribution in [-0.4, -0.2) is 66.0 Å². The summed E-state index contributed by atoms with van der Waals surface area (Å²) in [4.78, 5) is 12.7. The maximum atomic E-state index is 10.3. The molecule has 0 aromatic carbocycles. The number of nitrogens with one attached hydrogen (secondary N) is 1. The summed E-state index contributed by atoms with van der Waals surface area (Å²) in [6.07, 6.45) is 5.36. The van der Waals surface area contributed by atoms with Crippen LogP contribution in [0.1, 0.15) is 31.9 Å². The molecule has 3 heterocycles. The van der Waals surface area contributed by atoms with Crippen molar-refractivity contribution in [1.29, 1.82) is 0 Å². The van der Waals surface area contributed by atoms with Crippen molar-refractivity contribution in [3.63, 3.8) is 0 Å². The second-order valence-corrected chi connectivity index (χ2v) is 6.88. The van der Waals surface area contributed by atoms with E-state index in [0.717, 1.165) is 24.8 Å². The fourth-order valence-corrected chi connectivity index (χ4v) is 3.44. The number of ether oxygens (including phenoxy) is 1. The topological polar surface area (TPSA) is 164 Å². The molecule has 4 unspecified atom stereocenters. The highest BCUT2D eigenvalue weighted by molar-refractivity contribution is 5.83. The summed E-state index contributed by atoms with van der Waals surface area (Å²) in [6, 6.07) is 0. The summed E-state index contributed by atoms with van der Waals surface area (Å²) < 4.78 is 7.00. The summed E-state index contributed by atoms with van der Waals surface area (Å²) in [7, 11) is 0. The van der Waals surface area contributed by atoms with Crippen LogP contribution in [0.4, 0.5) is 11.8 Å². The lowest BCUT2D eigenvalue weighted by molar-refractivity contribution is -0.0511. The van der Waals surface area contributed by atoms with Crippen molar-refractivity contribution in [2.45, 2.75) is 50.2 Å². The van der Waals surface area contributed by atoms with Crippen molar-refractivity contribution >= 4 is 29.1 Å². The summed E-state index contributed by atoms with van der Waals surface area (Å²) in [5.74, 6) is 0.316. The second-order valence-electron chi connectivity index (χ2n) is 6.88. The van der Waals surface area contributed by atoms with E-state index in [2.05, 4.69) is 31.6 Å². The molecule has 1 aliphatic carbocycles. The van der Waals surface area contributed by atoms with E-state index in [1.807, 2.05) is 0 Å². The van der Waals surface area contributed by atoms with Gasteiger partial charge in [0.2, 0.25) is 5.95 Å². The van der Waals surface area contributed by atoms with Crippen LogP contribution in [0.15, 0.2) is 23.1 Å². The Balaban J connectivity index is 1.60. The highest BCUT2D eigenvalue weighted by Gasteiger charge is 2.44. The molecule has 4 atom stereocenters. The van der Waals surface area contributed by atoms with Gasteiger partial charge < -0.3 is 25.8 Å². The minimum absolute atomic E-state index is 0.144. The minimum atomic E-state index is -1.25. The number of hydrogen-bond donors (Lipinski definition) is 5. The lowest BCUT2D eigenvalue weighted by Gasteiger charge is -2.16. The molecule has 150 valence electrons. The lowest BCUT2D eigenvalue weighted by Crippen LogP contribution is -2.33. The van der Waals surface area contributed by atoms with E-state index < -0.39 is 31.1 Å². The number of nitrogens with two attached hydrogens (primary N) is 1. The number of aliphatic hydroxyl groups is 3. The van der Waals surface area contributed by atoms with E-state index >= 15 is 0 Å². The Labute approximate surface area is 160 Å². The van der Waals surface area contributed by atoms with Gasteiger partial charge in [0.15, 0.2) is 17.7 Å². The van der Waals surface area contributed by atoms with E-state index in [4.69, 9.17) is 10.5 Å². The Morgan fingerprint density at radius 1 is 1.32 bits per heavy atom. The van der Waals surface area contributed by atoms with E-state index in [1.165, 1.54) is 17.3 Å². The molecule has 1 saturated heterocycles. The maximum Gasteiger partial charge on any atom is 0.247 e. The Bertz CT molecular complexity index is 912. The molecule has 0 saturated carbocycles. The number of imidazole rings is 1. The molecule has 0 amide bonds. The van der Waals surface area contributed by atoms with E-state index in [9.17, 15) is 15.3 Å². The summed E-state index contributed by atoms with van der Waals surface area (Å²) in [5.41, 5.74) is 10.5.